The Morgan fingerprint density at radius 2 is 1.61 bits per heavy atom. The first-order valence-corrected chi connectivity index (χ1v) is 8.73. The summed E-state index contributed by atoms with van der Waals surface area (Å²) in [5, 5.41) is 0. The largest absolute Gasteiger partial charge is 0.207 e. The minimum absolute atomic E-state index is 0.169. The Morgan fingerprint density at radius 3 is 2.26 bits per heavy atom. The summed E-state index contributed by atoms with van der Waals surface area (Å²) in [6, 6.07) is 12.0. The number of halogens is 2. The first-order valence-electron chi connectivity index (χ1n) is 8.73. The summed E-state index contributed by atoms with van der Waals surface area (Å²) < 4.78 is 29.1. The average molecular weight is 314 g/mol. The molecule has 0 aliphatic heterocycles. The highest BCUT2D eigenvalue weighted by Crippen LogP contribution is 2.39. The Bertz CT molecular complexity index is 640. The molecule has 0 amide bonds. The van der Waals surface area contributed by atoms with Crippen molar-refractivity contribution in [2.75, 3.05) is 0 Å². The topological polar surface area (TPSA) is 0 Å². The Hall–Kier alpha value is -1.70. The highest BCUT2D eigenvalue weighted by molar-refractivity contribution is 5.64. The van der Waals surface area contributed by atoms with Crippen LogP contribution in [-0.4, -0.2) is 0 Å². The fourth-order valence-electron chi connectivity index (χ4n) is 3.88. The summed E-state index contributed by atoms with van der Waals surface area (Å²) in [6.45, 7) is 2.21. The lowest BCUT2D eigenvalue weighted by molar-refractivity contribution is 0.304. The zero-order valence-electron chi connectivity index (χ0n) is 13.7. The van der Waals surface area contributed by atoms with Crippen molar-refractivity contribution in [2.24, 2.45) is 5.92 Å². The van der Waals surface area contributed by atoms with Crippen molar-refractivity contribution >= 4 is 0 Å². The molecule has 0 saturated heterocycles. The third-order valence-corrected chi connectivity index (χ3v) is 5.15. The molecule has 3 rings (SSSR count). The Balaban J connectivity index is 1.81. The van der Waals surface area contributed by atoms with Gasteiger partial charge in [-0.3, -0.25) is 0 Å². The zero-order valence-corrected chi connectivity index (χ0v) is 13.7. The van der Waals surface area contributed by atoms with E-state index in [4.69, 9.17) is 0 Å². The van der Waals surface area contributed by atoms with Crippen LogP contribution < -0.4 is 0 Å². The molecule has 1 saturated carbocycles. The molecule has 1 aliphatic carbocycles. The van der Waals surface area contributed by atoms with Crippen molar-refractivity contribution in [3.63, 3.8) is 0 Å². The van der Waals surface area contributed by atoms with Crippen LogP contribution in [0.1, 0.15) is 56.9 Å². The van der Waals surface area contributed by atoms with Crippen LogP contribution in [0.15, 0.2) is 42.5 Å². The van der Waals surface area contributed by atoms with Gasteiger partial charge in [-0.1, -0.05) is 50.1 Å². The zero-order chi connectivity index (χ0) is 16.2. The normalized spacial score (nSPS) is 21.3. The van der Waals surface area contributed by atoms with Crippen LogP contribution in [0, 0.1) is 17.6 Å². The Morgan fingerprint density at radius 1 is 0.913 bits per heavy atom. The molecule has 0 N–H and O–H groups in total. The number of benzene rings is 2. The molecule has 2 aromatic rings. The van der Waals surface area contributed by atoms with Crippen molar-refractivity contribution in [3.05, 3.63) is 59.7 Å². The van der Waals surface area contributed by atoms with Gasteiger partial charge in [-0.25, -0.2) is 8.78 Å². The second kappa shape index (κ2) is 7.25. The second-order valence-corrected chi connectivity index (χ2v) is 6.73. The molecule has 0 atom stereocenters. The van der Waals surface area contributed by atoms with Crippen molar-refractivity contribution in [2.45, 2.75) is 51.4 Å². The van der Waals surface area contributed by atoms with E-state index >= 15 is 0 Å². The maximum absolute atomic E-state index is 14.6. The van der Waals surface area contributed by atoms with Crippen molar-refractivity contribution in [3.8, 4) is 11.1 Å². The first-order chi connectivity index (χ1) is 11.2. The second-order valence-electron chi connectivity index (χ2n) is 6.73. The van der Waals surface area contributed by atoms with Gasteiger partial charge in [0.2, 0.25) is 0 Å². The van der Waals surface area contributed by atoms with Gasteiger partial charge >= 0.3 is 0 Å². The van der Waals surface area contributed by atoms with Crippen LogP contribution in [0.5, 0.6) is 0 Å². The van der Waals surface area contributed by atoms with E-state index in [-0.39, 0.29) is 17.6 Å². The van der Waals surface area contributed by atoms with E-state index in [0.29, 0.717) is 11.1 Å². The highest BCUT2D eigenvalue weighted by atomic mass is 19.1. The standard InChI is InChI=1S/C21H24F2/c1-2-6-15-9-11-17(12-10-15)19-14-20(22)18(13-21(19)23)16-7-4-3-5-8-16/h3-5,7-8,13-15,17H,2,6,9-12H2,1H3. The minimum atomic E-state index is -0.316. The molecular weight excluding hydrogens is 290 g/mol. The highest BCUT2D eigenvalue weighted by Gasteiger charge is 2.25. The Kier molecular flexibility index (Phi) is 5.09. The van der Waals surface area contributed by atoms with Gasteiger partial charge in [0, 0.05) is 5.56 Å². The van der Waals surface area contributed by atoms with Gasteiger partial charge in [-0.2, -0.15) is 0 Å². The van der Waals surface area contributed by atoms with Crippen molar-refractivity contribution < 1.29 is 8.78 Å². The Labute approximate surface area is 137 Å². The summed E-state index contributed by atoms with van der Waals surface area (Å²) in [6.07, 6.45) is 6.71. The molecule has 0 nitrogen and oxygen atoms in total. The number of hydrogen-bond acceptors (Lipinski definition) is 0. The molecular formula is C21H24F2. The van der Waals surface area contributed by atoms with Crippen molar-refractivity contribution in [1.82, 2.24) is 0 Å². The van der Waals surface area contributed by atoms with E-state index in [1.807, 2.05) is 30.3 Å². The van der Waals surface area contributed by atoms with Crippen LogP contribution in [0.4, 0.5) is 8.78 Å². The predicted octanol–water partition coefficient (Wildman–Crippen LogP) is 6.71. The van der Waals surface area contributed by atoms with E-state index in [0.717, 1.165) is 37.2 Å². The lowest BCUT2D eigenvalue weighted by atomic mass is 9.77. The maximum Gasteiger partial charge on any atom is 0.131 e. The third-order valence-electron chi connectivity index (χ3n) is 5.15. The molecule has 0 radical (unpaired) electrons. The monoisotopic (exact) mass is 314 g/mol. The SMILES string of the molecule is CCCC1CCC(c2cc(F)c(-c3ccccc3)cc2F)CC1. The number of hydrogen-bond donors (Lipinski definition) is 0. The lowest BCUT2D eigenvalue weighted by Crippen LogP contribution is -2.14. The first kappa shape index (κ1) is 16.2. The molecule has 2 heteroatoms. The summed E-state index contributed by atoms with van der Waals surface area (Å²) in [5.74, 6) is 0.364. The quantitative estimate of drug-likeness (QED) is 0.588. The molecule has 0 heterocycles. The molecule has 122 valence electrons. The van der Waals surface area contributed by atoms with Gasteiger partial charge in [0.05, 0.1) is 0 Å². The van der Waals surface area contributed by atoms with Crippen LogP contribution in [0.3, 0.4) is 0 Å². The van der Waals surface area contributed by atoms with Crippen LogP contribution in [0.2, 0.25) is 0 Å². The third kappa shape index (κ3) is 3.63. The average Bonchev–Trinajstić information content (AvgIpc) is 2.58. The fourth-order valence-corrected chi connectivity index (χ4v) is 3.88. The molecule has 2 aromatic carbocycles. The molecule has 0 aromatic heterocycles. The van der Waals surface area contributed by atoms with E-state index in [1.165, 1.54) is 25.0 Å². The molecule has 0 bridgehead atoms. The summed E-state index contributed by atoms with van der Waals surface area (Å²) >= 11 is 0. The predicted molar refractivity (Wildman–Crippen MR) is 91.4 cm³/mol. The summed E-state index contributed by atoms with van der Waals surface area (Å²) in [4.78, 5) is 0. The summed E-state index contributed by atoms with van der Waals surface area (Å²) in [5.41, 5.74) is 1.64. The summed E-state index contributed by atoms with van der Waals surface area (Å²) in [7, 11) is 0. The molecule has 23 heavy (non-hydrogen) atoms. The van der Waals surface area contributed by atoms with E-state index < -0.39 is 0 Å². The van der Waals surface area contributed by atoms with Crippen LogP contribution in [0.25, 0.3) is 11.1 Å². The van der Waals surface area contributed by atoms with E-state index in [1.54, 1.807) is 0 Å². The van der Waals surface area contributed by atoms with Gasteiger partial charge in [-0.15, -0.1) is 0 Å². The van der Waals surface area contributed by atoms with Crippen LogP contribution in [-0.2, 0) is 0 Å². The minimum Gasteiger partial charge on any atom is -0.207 e. The van der Waals surface area contributed by atoms with Crippen LogP contribution >= 0.6 is 0 Å². The van der Waals surface area contributed by atoms with Gasteiger partial charge in [0.15, 0.2) is 0 Å². The molecule has 1 aliphatic rings. The smallest absolute Gasteiger partial charge is 0.131 e. The van der Waals surface area contributed by atoms with Gasteiger partial charge < -0.3 is 0 Å². The van der Waals surface area contributed by atoms with E-state index in [9.17, 15) is 8.78 Å². The maximum atomic E-state index is 14.6. The molecule has 0 unspecified atom stereocenters. The number of rotatable bonds is 4. The van der Waals surface area contributed by atoms with E-state index in [2.05, 4.69) is 6.92 Å². The molecule has 0 spiro atoms. The lowest BCUT2D eigenvalue weighted by Gasteiger charge is -2.29. The fraction of sp³-hybridized carbons (Fsp3) is 0.429. The van der Waals surface area contributed by atoms with Crippen molar-refractivity contribution in [1.29, 1.82) is 0 Å². The molecule has 1 fully saturated rings. The van der Waals surface area contributed by atoms with Gasteiger partial charge in [0.1, 0.15) is 11.6 Å². The van der Waals surface area contributed by atoms with Gasteiger partial charge in [-0.05, 0) is 60.8 Å². The van der Waals surface area contributed by atoms with Gasteiger partial charge in [0.25, 0.3) is 0 Å².